The van der Waals surface area contributed by atoms with E-state index in [9.17, 15) is 16.8 Å². The van der Waals surface area contributed by atoms with E-state index in [4.69, 9.17) is 9.11 Å². The molecular formula is C12H10N2O6S2. The number of nitrogens with zero attached hydrogens (tertiary/aromatic N) is 2. The van der Waals surface area contributed by atoms with Crippen molar-refractivity contribution < 1.29 is 25.9 Å². The zero-order valence-electron chi connectivity index (χ0n) is 10.9. The summed E-state index contributed by atoms with van der Waals surface area (Å²) < 4.78 is 62.8. The van der Waals surface area contributed by atoms with E-state index >= 15 is 0 Å². The van der Waals surface area contributed by atoms with Crippen LogP contribution in [0.5, 0.6) is 0 Å². The highest BCUT2D eigenvalue weighted by molar-refractivity contribution is 7.86. The molecule has 0 spiro atoms. The molecule has 8 nitrogen and oxygen atoms in total. The zero-order chi connectivity index (χ0) is 16.4. The van der Waals surface area contributed by atoms with Crippen molar-refractivity contribution in [1.29, 1.82) is 0 Å². The van der Waals surface area contributed by atoms with Crippen LogP contribution < -0.4 is 0 Å². The highest BCUT2D eigenvalue weighted by atomic mass is 32.2. The van der Waals surface area contributed by atoms with Crippen LogP contribution in [0.25, 0.3) is 0 Å². The molecule has 0 aliphatic rings. The first kappa shape index (κ1) is 16.2. The number of hydrogen-bond donors (Lipinski definition) is 2. The molecule has 0 unspecified atom stereocenters. The Kier molecular flexibility index (Phi) is 4.37. The van der Waals surface area contributed by atoms with Crippen LogP contribution in [0.4, 0.5) is 11.4 Å². The number of hydrogen-bond acceptors (Lipinski definition) is 6. The van der Waals surface area contributed by atoms with Gasteiger partial charge in [-0.25, -0.2) is 0 Å². The van der Waals surface area contributed by atoms with Crippen LogP contribution >= 0.6 is 0 Å². The first-order valence-corrected chi connectivity index (χ1v) is 8.62. The number of rotatable bonds is 4. The number of azo groups is 1. The van der Waals surface area contributed by atoms with Gasteiger partial charge in [-0.1, -0.05) is 18.2 Å². The first-order valence-electron chi connectivity index (χ1n) is 5.74. The molecule has 0 amide bonds. The summed E-state index contributed by atoms with van der Waals surface area (Å²) in [7, 11) is -9.37. The molecule has 0 fully saturated rings. The van der Waals surface area contributed by atoms with Crippen molar-refractivity contribution in [3.05, 3.63) is 48.5 Å². The fraction of sp³-hybridized carbons (Fsp3) is 0. The Morgan fingerprint density at radius 2 is 1.41 bits per heavy atom. The van der Waals surface area contributed by atoms with Gasteiger partial charge in [-0.3, -0.25) is 9.11 Å². The minimum atomic E-state index is -4.75. The SMILES string of the molecule is O=S(=O)(O)c1ccc(/N=N/c2ccccc2)c(S(=O)(=O)O)c1. The summed E-state index contributed by atoms with van der Waals surface area (Å²) in [5, 5.41) is 7.46. The predicted octanol–water partition coefficient (Wildman–Crippen LogP) is 2.60. The van der Waals surface area contributed by atoms with Crippen molar-refractivity contribution >= 4 is 31.6 Å². The Bertz CT molecular complexity index is 921. The molecule has 0 aromatic heterocycles. The summed E-state index contributed by atoms with van der Waals surface area (Å²) in [6, 6.07) is 10.9. The maximum Gasteiger partial charge on any atom is 0.296 e. The van der Waals surface area contributed by atoms with E-state index in [1.54, 1.807) is 30.3 Å². The monoisotopic (exact) mass is 342 g/mol. The molecular weight excluding hydrogens is 332 g/mol. The molecule has 0 radical (unpaired) electrons. The highest BCUT2D eigenvalue weighted by Crippen LogP contribution is 2.28. The summed E-state index contributed by atoms with van der Waals surface area (Å²) in [6.07, 6.45) is 0. The van der Waals surface area contributed by atoms with Crippen LogP contribution in [0.1, 0.15) is 0 Å². The minimum absolute atomic E-state index is 0.265. The molecule has 0 atom stereocenters. The van der Waals surface area contributed by atoms with E-state index in [-0.39, 0.29) is 5.69 Å². The smallest absolute Gasteiger partial charge is 0.282 e. The van der Waals surface area contributed by atoms with Gasteiger partial charge in [0.15, 0.2) is 0 Å². The topological polar surface area (TPSA) is 133 Å². The maximum absolute atomic E-state index is 11.3. The van der Waals surface area contributed by atoms with E-state index in [0.29, 0.717) is 11.8 Å². The fourth-order valence-corrected chi connectivity index (χ4v) is 2.78. The molecule has 0 saturated carbocycles. The van der Waals surface area contributed by atoms with Crippen LogP contribution in [-0.2, 0) is 20.2 Å². The minimum Gasteiger partial charge on any atom is -0.282 e. The highest BCUT2D eigenvalue weighted by Gasteiger charge is 2.20. The van der Waals surface area contributed by atoms with Crippen LogP contribution in [0.2, 0.25) is 0 Å². The second-order valence-electron chi connectivity index (χ2n) is 4.12. The molecule has 0 heterocycles. The second-order valence-corrected chi connectivity index (χ2v) is 6.93. The molecule has 116 valence electrons. The van der Waals surface area contributed by atoms with Gasteiger partial charge in [0, 0.05) is 0 Å². The molecule has 2 aromatic carbocycles. The number of benzene rings is 2. The van der Waals surface area contributed by atoms with Gasteiger partial charge >= 0.3 is 0 Å². The largest absolute Gasteiger partial charge is 0.296 e. The van der Waals surface area contributed by atoms with Gasteiger partial charge < -0.3 is 0 Å². The third-order valence-electron chi connectivity index (χ3n) is 2.54. The molecule has 0 bridgehead atoms. The average molecular weight is 342 g/mol. The van der Waals surface area contributed by atoms with E-state index in [1.165, 1.54) is 0 Å². The predicted molar refractivity (Wildman–Crippen MR) is 76.7 cm³/mol. The normalized spacial score (nSPS) is 12.6. The van der Waals surface area contributed by atoms with E-state index in [1.807, 2.05) is 0 Å². The Morgan fingerprint density at radius 3 is 1.95 bits per heavy atom. The Balaban J connectivity index is 2.55. The van der Waals surface area contributed by atoms with Crippen molar-refractivity contribution in [2.24, 2.45) is 10.2 Å². The lowest BCUT2D eigenvalue weighted by Crippen LogP contribution is -2.03. The fourth-order valence-electron chi connectivity index (χ4n) is 1.55. The van der Waals surface area contributed by atoms with E-state index in [2.05, 4.69) is 10.2 Å². The molecule has 10 heteroatoms. The van der Waals surface area contributed by atoms with Crippen LogP contribution in [0.15, 0.2) is 68.6 Å². The van der Waals surface area contributed by atoms with Crippen LogP contribution in [0, 0.1) is 0 Å². The summed E-state index contributed by atoms with van der Waals surface area (Å²) in [4.78, 5) is -1.46. The van der Waals surface area contributed by atoms with Crippen molar-refractivity contribution in [2.45, 2.75) is 9.79 Å². The summed E-state index contributed by atoms with van der Waals surface area (Å²) in [6.45, 7) is 0. The Labute approximate surface area is 126 Å². The molecule has 2 N–H and O–H groups in total. The third-order valence-corrected chi connectivity index (χ3v) is 4.27. The van der Waals surface area contributed by atoms with Gasteiger partial charge in [-0.05, 0) is 30.3 Å². The second kappa shape index (κ2) is 5.93. The van der Waals surface area contributed by atoms with Crippen molar-refractivity contribution in [1.82, 2.24) is 0 Å². The molecule has 2 aromatic rings. The van der Waals surface area contributed by atoms with Crippen molar-refractivity contribution in [3.63, 3.8) is 0 Å². The summed E-state index contributed by atoms with van der Waals surface area (Å²) in [5.74, 6) is 0. The van der Waals surface area contributed by atoms with Crippen LogP contribution in [0.3, 0.4) is 0 Å². The molecule has 2 rings (SSSR count). The first-order chi connectivity index (χ1) is 10.2. The van der Waals surface area contributed by atoms with Crippen molar-refractivity contribution in [2.75, 3.05) is 0 Å². The molecule has 0 aliphatic heterocycles. The zero-order valence-corrected chi connectivity index (χ0v) is 12.5. The van der Waals surface area contributed by atoms with Gasteiger partial charge in [0.25, 0.3) is 20.2 Å². The summed E-state index contributed by atoms with van der Waals surface area (Å²) in [5.41, 5.74) is 0.168. The molecule has 0 aliphatic carbocycles. The van der Waals surface area contributed by atoms with Gasteiger partial charge in [-0.15, -0.1) is 5.11 Å². The molecule has 0 saturated heterocycles. The summed E-state index contributed by atoms with van der Waals surface area (Å²) >= 11 is 0. The lowest BCUT2D eigenvalue weighted by molar-refractivity contribution is 0.481. The van der Waals surface area contributed by atoms with Crippen LogP contribution in [-0.4, -0.2) is 25.9 Å². The van der Waals surface area contributed by atoms with E-state index in [0.717, 1.165) is 12.1 Å². The maximum atomic E-state index is 11.3. The van der Waals surface area contributed by atoms with Gasteiger partial charge in [-0.2, -0.15) is 21.9 Å². The quantitative estimate of drug-likeness (QED) is 0.648. The Hall–Kier alpha value is -2.14. The third kappa shape index (κ3) is 3.95. The lowest BCUT2D eigenvalue weighted by Gasteiger charge is -2.04. The Morgan fingerprint density at radius 1 is 0.773 bits per heavy atom. The molecule has 22 heavy (non-hydrogen) atoms. The average Bonchev–Trinajstić information content (AvgIpc) is 2.44. The van der Waals surface area contributed by atoms with Gasteiger partial charge in [0.05, 0.1) is 10.6 Å². The van der Waals surface area contributed by atoms with Gasteiger partial charge in [0.2, 0.25) is 0 Å². The van der Waals surface area contributed by atoms with Gasteiger partial charge in [0.1, 0.15) is 10.6 Å². The van der Waals surface area contributed by atoms with E-state index < -0.39 is 30.0 Å². The van der Waals surface area contributed by atoms with Crippen molar-refractivity contribution in [3.8, 4) is 0 Å². The standard InChI is InChI=1S/C12H10N2O6S2/c15-21(16,17)10-6-7-11(12(8-10)22(18,19)20)14-13-9-4-2-1-3-5-9/h1-8H,(H,15,16,17)(H,18,19,20)/b14-13+. The lowest BCUT2D eigenvalue weighted by atomic mass is 10.3.